The van der Waals surface area contributed by atoms with Crippen molar-refractivity contribution in [2.75, 3.05) is 0 Å². The number of para-hydroxylation sites is 2. The van der Waals surface area contributed by atoms with Gasteiger partial charge in [0.15, 0.2) is 0 Å². The Bertz CT molecular complexity index is 3100. The van der Waals surface area contributed by atoms with Crippen LogP contribution in [0.25, 0.3) is 54.7 Å². The summed E-state index contributed by atoms with van der Waals surface area (Å²) < 4.78 is 5.29. The fraction of sp³-hybridized carbons (Fsp3) is 0.254. The number of nitrogens with one attached hydrogen (secondary N) is 1. The molecule has 3 nitrogen and oxygen atoms in total. The second-order valence-corrected chi connectivity index (χ2v) is 18.4. The van der Waals surface area contributed by atoms with Crippen molar-refractivity contribution < 1.29 is 0 Å². The minimum Gasteiger partial charge on any atom is -0.381 e. The van der Waals surface area contributed by atoms with E-state index < -0.39 is 0 Å². The number of aromatic nitrogens is 2. The Morgan fingerprint density at radius 1 is 0.516 bits per heavy atom. The van der Waals surface area contributed by atoms with Crippen LogP contribution in [0, 0.1) is 5.92 Å². The summed E-state index contributed by atoms with van der Waals surface area (Å²) in [6.07, 6.45) is 46.3. The van der Waals surface area contributed by atoms with E-state index in [-0.39, 0.29) is 12.1 Å². The molecular weight excluding hydrogens is 751 g/mol. The number of allylic oxidation sites excluding steroid dienone is 17. The molecule has 0 amide bonds. The smallest absolute Gasteiger partial charge is 0.0572 e. The van der Waals surface area contributed by atoms with Gasteiger partial charge in [0.25, 0.3) is 0 Å². The fourth-order valence-electron chi connectivity index (χ4n) is 11.5. The minimum absolute atomic E-state index is 0.205. The summed E-state index contributed by atoms with van der Waals surface area (Å²) in [5.74, 6) is 0.454. The fourth-order valence-corrected chi connectivity index (χ4v) is 11.5. The van der Waals surface area contributed by atoms with Crippen LogP contribution in [0.3, 0.4) is 0 Å². The van der Waals surface area contributed by atoms with Gasteiger partial charge in [0, 0.05) is 55.2 Å². The zero-order valence-corrected chi connectivity index (χ0v) is 35.6. The zero-order chi connectivity index (χ0) is 41.0. The largest absolute Gasteiger partial charge is 0.381 e. The number of fused-ring (bicyclic) bond motifs is 6. The molecule has 0 radical (unpaired) electrons. The van der Waals surface area contributed by atoms with E-state index in [2.05, 4.69) is 184 Å². The minimum atomic E-state index is 0.205. The highest BCUT2D eigenvalue weighted by Gasteiger charge is 2.31. The molecular formula is C59H55N3. The molecule has 0 bridgehead atoms. The van der Waals surface area contributed by atoms with Crippen molar-refractivity contribution in [3.8, 4) is 11.1 Å². The van der Waals surface area contributed by atoms with Gasteiger partial charge in [0.05, 0.1) is 18.1 Å². The van der Waals surface area contributed by atoms with Crippen LogP contribution in [0.4, 0.5) is 0 Å². The summed E-state index contributed by atoms with van der Waals surface area (Å²) >= 11 is 0. The van der Waals surface area contributed by atoms with Gasteiger partial charge in [-0.3, -0.25) is 0 Å². The number of hydrogen-bond acceptors (Lipinski definition) is 1. The van der Waals surface area contributed by atoms with Gasteiger partial charge in [-0.2, -0.15) is 0 Å². The maximum absolute atomic E-state index is 4.05. The van der Waals surface area contributed by atoms with Crippen molar-refractivity contribution in [2.45, 2.75) is 88.8 Å². The lowest BCUT2D eigenvalue weighted by atomic mass is 9.85. The van der Waals surface area contributed by atoms with Gasteiger partial charge in [-0.15, -0.1) is 0 Å². The second kappa shape index (κ2) is 15.9. The topological polar surface area (TPSA) is 21.9 Å². The Kier molecular flexibility index (Phi) is 9.58. The van der Waals surface area contributed by atoms with E-state index in [1.807, 2.05) is 0 Å². The highest BCUT2D eigenvalue weighted by molar-refractivity contribution is 6.11. The van der Waals surface area contributed by atoms with E-state index in [9.17, 15) is 0 Å². The average Bonchev–Trinajstić information content (AvgIpc) is 3.87. The third-order valence-corrected chi connectivity index (χ3v) is 14.5. The first-order valence-electron chi connectivity index (χ1n) is 23.5. The zero-order valence-electron chi connectivity index (χ0n) is 35.6. The van der Waals surface area contributed by atoms with E-state index in [0.29, 0.717) is 12.0 Å². The summed E-state index contributed by atoms with van der Waals surface area (Å²) in [4.78, 5) is 0. The standard InChI is InChI=1S/C59H55N3/c1-5-17-40(18-6-1)46-33-47(41-19-7-2-8-20-41)35-48(34-46)61-56-27-15-13-25-50(56)52-36-44(29-31-58(52)61)45-30-32-59-53(37-45)51-26-14-16-28-57(51)62(59)49-38-54(42-21-9-3-10-22-42)60-55(39-49)43-23-11-4-12-24-43/h5,7,9,11,13-23,25-34,36-37,39,43,48-49,54,60H,1-4,6,8,10,12,24,35,38H2. The Morgan fingerprint density at radius 3 is 1.77 bits per heavy atom. The van der Waals surface area contributed by atoms with E-state index in [1.165, 1.54) is 108 Å². The van der Waals surface area contributed by atoms with Crippen molar-refractivity contribution in [1.82, 2.24) is 14.5 Å². The van der Waals surface area contributed by atoms with Crippen molar-refractivity contribution in [3.63, 3.8) is 0 Å². The van der Waals surface area contributed by atoms with Gasteiger partial charge in [-0.05, 0) is 152 Å². The lowest BCUT2D eigenvalue weighted by Gasteiger charge is -2.36. The highest BCUT2D eigenvalue weighted by atomic mass is 15.1. The van der Waals surface area contributed by atoms with Crippen LogP contribution < -0.4 is 5.32 Å². The first-order chi connectivity index (χ1) is 30.7. The number of nitrogens with zero attached hydrogens (tertiary/aromatic N) is 2. The number of hydrogen-bond donors (Lipinski definition) is 1. The maximum Gasteiger partial charge on any atom is 0.0572 e. The van der Waals surface area contributed by atoms with Crippen LogP contribution in [-0.4, -0.2) is 15.2 Å². The Balaban J connectivity index is 0.957. The van der Waals surface area contributed by atoms with E-state index >= 15 is 0 Å². The molecule has 2 aromatic heterocycles. The van der Waals surface area contributed by atoms with Crippen LogP contribution in [0.5, 0.6) is 0 Å². The molecule has 4 unspecified atom stereocenters. The van der Waals surface area contributed by atoms with Crippen molar-refractivity contribution in [1.29, 1.82) is 0 Å². The van der Waals surface area contributed by atoms with Gasteiger partial charge in [-0.1, -0.05) is 128 Å². The third-order valence-electron chi connectivity index (χ3n) is 14.5. The molecule has 6 aliphatic rings. The molecule has 3 heterocycles. The first-order valence-corrected chi connectivity index (χ1v) is 23.5. The molecule has 4 aromatic carbocycles. The monoisotopic (exact) mass is 805 g/mol. The van der Waals surface area contributed by atoms with Crippen molar-refractivity contribution >= 4 is 43.6 Å². The van der Waals surface area contributed by atoms with Gasteiger partial charge in [0.2, 0.25) is 0 Å². The molecule has 0 fully saturated rings. The molecule has 5 aliphatic carbocycles. The van der Waals surface area contributed by atoms with Crippen LogP contribution in [0.15, 0.2) is 204 Å². The average molecular weight is 806 g/mol. The molecule has 3 heteroatoms. The molecule has 0 saturated heterocycles. The van der Waals surface area contributed by atoms with Crippen LogP contribution >= 0.6 is 0 Å². The van der Waals surface area contributed by atoms with E-state index in [4.69, 9.17) is 0 Å². The van der Waals surface area contributed by atoms with Gasteiger partial charge >= 0.3 is 0 Å². The predicted molar refractivity (Wildman–Crippen MR) is 262 cm³/mol. The quantitative estimate of drug-likeness (QED) is 0.160. The summed E-state index contributed by atoms with van der Waals surface area (Å²) in [5.41, 5.74) is 16.2. The van der Waals surface area contributed by atoms with Crippen LogP contribution in [0.2, 0.25) is 0 Å². The van der Waals surface area contributed by atoms with E-state index in [0.717, 1.165) is 51.4 Å². The lowest BCUT2D eigenvalue weighted by molar-refractivity contribution is 0.429. The van der Waals surface area contributed by atoms with E-state index in [1.54, 1.807) is 0 Å². The summed E-state index contributed by atoms with van der Waals surface area (Å²) in [6.45, 7) is 0. The second-order valence-electron chi connectivity index (χ2n) is 18.4. The Hall–Kier alpha value is -6.32. The SMILES string of the molecule is C1=CC(C2=CC(n3c4ccccc4c4cc(-c5ccc6c(c5)c5ccccc5n6C5C=C(C6C=CCCC6)NC(C6=CCCC=C6)C5)ccc43)CC(C3=CCCC=C3)=C2)=CCC1. The predicted octanol–water partition coefficient (Wildman–Crippen LogP) is 15.3. The molecule has 0 spiro atoms. The summed E-state index contributed by atoms with van der Waals surface area (Å²) in [7, 11) is 0. The molecule has 62 heavy (non-hydrogen) atoms. The maximum atomic E-state index is 4.05. The molecule has 1 aliphatic heterocycles. The number of benzene rings is 4. The summed E-state index contributed by atoms with van der Waals surface area (Å²) in [6, 6.07) is 33.4. The number of rotatable bonds is 7. The van der Waals surface area contributed by atoms with Gasteiger partial charge in [0.1, 0.15) is 0 Å². The van der Waals surface area contributed by atoms with Crippen molar-refractivity contribution in [2.24, 2.45) is 5.92 Å². The van der Waals surface area contributed by atoms with Crippen molar-refractivity contribution in [3.05, 3.63) is 204 Å². The van der Waals surface area contributed by atoms with Gasteiger partial charge < -0.3 is 14.5 Å². The molecule has 6 aromatic rings. The molecule has 0 saturated carbocycles. The normalized spacial score (nSPS) is 23.9. The first kappa shape index (κ1) is 37.4. The van der Waals surface area contributed by atoms with Gasteiger partial charge in [-0.25, -0.2) is 0 Å². The lowest BCUT2D eigenvalue weighted by Crippen LogP contribution is -2.39. The summed E-state index contributed by atoms with van der Waals surface area (Å²) in [5, 5.41) is 9.35. The molecule has 1 N–H and O–H groups in total. The third kappa shape index (κ3) is 6.65. The van der Waals surface area contributed by atoms with Crippen LogP contribution in [-0.2, 0) is 0 Å². The Morgan fingerprint density at radius 2 is 1.15 bits per heavy atom. The Labute approximate surface area is 365 Å². The molecule has 306 valence electrons. The molecule has 4 atom stereocenters. The molecule has 12 rings (SSSR count). The van der Waals surface area contributed by atoms with Crippen LogP contribution in [0.1, 0.15) is 82.7 Å². The highest BCUT2D eigenvalue weighted by Crippen LogP contribution is 2.44.